The first-order valence-corrected chi connectivity index (χ1v) is 11.3. The van der Waals surface area contributed by atoms with Gasteiger partial charge in [-0.3, -0.25) is 4.79 Å². The number of rotatable bonds is 6. The predicted octanol–water partition coefficient (Wildman–Crippen LogP) is 1.16. The van der Waals surface area contributed by atoms with Gasteiger partial charge >= 0.3 is 0 Å². The number of quaternary nitrogens is 1. The van der Waals surface area contributed by atoms with Gasteiger partial charge in [0.15, 0.2) is 6.04 Å². The number of para-hydroxylation sites is 1. The van der Waals surface area contributed by atoms with Gasteiger partial charge in [0.25, 0.3) is 5.91 Å². The molecule has 0 bridgehead atoms. The third-order valence-corrected chi connectivity index (χ3v) is 7.36. The number of carbonyl (C=O) groups excluding carboxylic acids is 1. The molecular formula is C21H27FN3O3S+. The van der Waals surface area contributed by atoms with Gasteiger partial charge < -0.3 is 9.80 Å². The van der Waals surface area contributed by atoms with Crippen molar-refractivity contribution < 1.29 is 22.5 Å². The second-order valence-corrected chi connectivity index (χ2v) is 9.09. The van der Waals surface area contributed by atoms with Crippen molar-refractivity contribution in [2.45, 2.75) is 24.8 Å². The first kappa shape index (κ1) is 21.4. The van der Waals surface area contributed by atoms with Crippen molar-refractivity contribution >= 4 is 21.6 Å². The van der Waals surface area contributed by atoms with E-state index in [2.05, 4.69) is 0 Å². The molecule has 0 spiro atoms. The van der Waals surface area contributed by atoms with Gasteiger partial charge in [-0.1, -0.05) is 18.2 Å². The molecule has 0 unspecified atom stereocenters. The molecule has 29 heavy (non-hydrogen) atoms. The molecule has 8 heteroatoms. The van der Waals surface area contributed by atoms with Crippen molar-refractivity contribution in [1.29, 1.82) is 0 Å². The molecule has 6 nitrogen and oxygen atoms in total. The number of carbonyl (C=O) groups is 1. The van der Waals surface area contributed by atoms with Crippen LogP contribution in [0.1, 0.15) is 13.8 Å². The number of sulfonamides is 1. The van der Waals surface area contributed by atoms with Crippen LogP contribution in [-0.2, 0) is 14.8 Å². The highest BCUT2D eigenvalue weighted by molar-refractivity contribution is 7.89. The fourth-order valence-corrected chi connectivity index (χ4v) is 5.13. The lowest BCUT2D eigenvalue weighted by atomic mass is 10.2. The monoisotopic (exact) mass is 420 g/mol. The first-order valence-electron chi connectivity index (χ1n) is 9.81. The number of hydrogen-bond donors (Lipinski definition) is 1. The molecule has 1 fully saturated rings. The zero-order valence-electron chi connectivity index (χ0n) is 16.7. The van der Waals surface area contributed by atoms with E-state index in [1.54, 1.807) is 4.90 Å². The highest BCUT2D eigenvalue weighted by atomic mass is 32.2. The molecule has 0 saturated carbocycles. The summed E-state index contributed by atoms with van der Waals surface area (Å²) in [5.74, 6) is -0.437. The van der Waals surface area contributed by atoms with E-state index in [1.807, 2.05) is 44.2 Å². The zero-order chi connectivity index (χ0) is 21.0. The summed E-state index contributed by atoms with van der Waals surface area (Å²) in [7, 11) is -3.65. The summed E-state index contributed by atoms with van der Waals surface area (Å²) in [5, 5.41) is 0. The van der Waals surface area contributed by atoms with Crippen LogP contribution >= 0.6 is 0 Å². The number of benzene rings is 2. The third-order valence-electron chi connectivity index (χ3n) is 5.45. The Morgan fingerprint density at radius 3 is 2.24 bits per heavy atom. The quantitative estimate of drug-likeness (QED) is 0.763. The number of hydrogen-bond acceptors (Lipinski definition) is 3. The summed E-state index contributed by atoms with van der Waals surface area (Å²) in [6, 6.07) is 14.2. The number of halogens is 1. The Balaban J connectivity index is 1.65. The minimum atomic E-state index is -3.65. The van der Waals surface area contributed by atoms with Gasteiger partial charge in [0.2, 0.25) is 10.0 Å². The normalized spacial score (nSPS) is 17.1. The summed E-state index contributed by atoms with van der Waals surface area (Å²) in [6.45, 7) is 6.15. The van der Waals surface area contributed by atoms with Crippen LogP contribution in [0.5, 0.6) is 0 Å². The third kappa shape index (κ3) is 4.66. The minimum absolute atomic E-state index is 0.0311. The van der Waals surface area contributed by atoms with Crippen LogP contribution in [0.15, 0.2) is 59.5 Å². The second-order valence-electron chi connectivity index (χ2n) is 7.16. The molecule has 1 aliphatic heterocycles. The van der Waals surface area contributed by atoms with Gasteiger partial charge in [-0.2, -0.15) is 4.31 Å². The largest absolute Gasteiger partial charge is 0.323 e. The average Bonchev–Trinajstić information content (AvgIpc) is 2.75. The standard InChI is InChI=1S/C21H26FN3O3S/c1-3-25(19-7-5-4-6-8-19)21(26)17(2)23-13-15-24(16-14-23)29(27,28)20-11-9-18(22)10-12-20/h4-12,17H,3,13-16H2,1-2H3/p+1/t17-/m1/s1. The summed E-state index contributed by atoms with van der Waals surface area (Å²) in [5.41, 5.74) is 0.865. The van der Waals surface area contributed by atoms with Crippen LogP contribution in [0.4, 0.5) is 10.1 Å². The molecule has 0 radical (unpaired) electrons. The Bertz CT molecular complexity index is 927. The van der Waals surface area contributed by atoms with Gasteiger partial charge in [-0.15, -0.1) is 0 Å². The maximum Gasteiger partial charge on any atom is 0.284 e. The molecular weight excluding hydrogens is 393 g/mol. The van der Waals surface area contributed by atoms with Crippen LogP contribution in [0, 0.1) is 5.82 Å². The molecule has 156 valence electrons. The lowest BCUT2D eigenvalue weighted by Gasteiger charge is -2.35. The molecule has 2 aromatic carbocycles. The second kappa shape index (κ2) is 9.02. The summed E-state index contributed by atoms with van der Waals surface area (Å²) < 4.78 is 40.0. The topological polar surface area (TPSA) is 62.1 Å². The summed E-state index contributed by atoms with van der Waals surface area (Å²) >= 11 is 0. The first-order chi connectivity index (χ1) is 13.8. The van der Waals surface area contributed by atoms with Crippen molar-refractivity contribution in [3.63, 3.8) is 0 Å². The van der Waals surface area contributed by atoms with Gasteiger partial charge in [-0.25, -0.2) is 12.8 Å². The Hall–Kier alpha value is -2.29. The maximum atomic E-state index is 13.1. The average molecular weight is 421 g/mol. The number of nitrogens with zero attached hydrogens (tertiary/aromatic N) is 2. The number of anilines is 1. The lowest BCUT2D eigenvalue weighted by Crippen LogP contribution is -3.19. The molecule has 1 N–H and O–H groups in total. The van der Waals surface area contributed by atoms with Crippen molar-refractivity contribution in [2.75, 3.05) is 37.6 Å². The van der Waals surface area contributed by atoms with Crippen LogP contribution in [0.25, 0.3) is 0 Å². The van der Waals surface area contributed by atoms with E-state index in [9.17, 15) is 17.6 Å². The number of piperazine rings is 1. The molecule has 0 aromatic heterocycles. The molecule has 3 rings (SSSR count). The van der Waals surface area contributed by atoms with E-state index < -0.39 is 15.8 Å². The lowest BCUT2D eigenvalue weighted by molar-refractivity contribution is -0.917. The van der Waals surface area contributed by atoms with Crippen LogP contribution in [0.2, 0.25) is 0 Å². The van der Waals surface area contributed by atoms with Crippen molar-refractivity contribution in [1.82, 2.24) is 4.31 Å². The molecule has 1 saturated heterocycles. The number of likely N-dealkylation sites (N-methyl/N-ethyl adjacent to an activating group) is 1. The Kier molecular flexibility index (Phi) is 6.66. The fraction of sp³-hybridized carbons (Fsp3) is 0.381. The van der Waals surface area contributed by atoms with Crippen LogP contribution in [-0.4, -0.2) is 57.4 Å². The zero-order valence-corrected chi connectivity index (χ0v) is 17.5. The Morgan fingerprint density at radius 2 is 1.69 bits per heavy atom. The van der Waals surface area contributed by atoms with Gasteiger partial charge in [0, 0.05) is 12.2 Å². The van der Waals surface area contributed by atoms with E-state index in [0.717, 1.165) is 22.7 Å². The van der Waals surface area contributed by atoms with E-state index in [4.69, 9.17) is 0 Å². The SMILES string of the molecule is CCN(C(=O)[C@@H](C)[NH+]1CCN(S(=O)(=O)c2ccc(F)cc2)CC1)c1ccccc1. The van der Waals surface area contributed by atoms with Crippen molar-refractivity contribution in [2.24, 2.45) is 0 Å². The van der Waals surface area contributed by atoms with Gasteiger partial charge in [0.1, 0.15) is 5.82 Å². The molecule has 1 heterocycles. The molecule has 1 amide bonds. The highest BCUT2D eigenvalue weighted by Gasteiger charge is 2.36. The van der Waals surface area contributed by atoms with E-state index in [1.165, 1.54) is 16.4 Å². The smallest absolute Gasteiger partial charge is 0.284 e. The molecule has 0 aliphatic carbocycles. The Morgan fingerprint density at radius 1 is 1.10 bits per heavy atom. The number of amides is 1. The Labute approximate surface area is 171 Å². The van der Waals surface area contributed by atoms with Crippen LogP contribution < -0.4 is 9.80 Å². The van der Waals surface area contributed by atoms with Crippen LogP contribution in [0.3, 0.4) is 0 Å². The highest BCUT2D eigenvalue weighted by Crippen LogP contribution is 2.17. The molecule has 1 aliphatic rings. The predicted molar refractivity (Wildman–Crippen MR) is 110 cm³/mol. The fourth-order valence-electron chi connectivity index (χ4n) is 3.68. The van der Waals surface area contributed by atoms with E-state index >= 15 is 0 Å². The van der Waals surface area contributed by atoms with Gasteiger partial charge in [0.05, 0.1) is 31.1 Å². The van der Waals surface area contributed by atoms with E-state index in [0.29, 0.717) is 32.7 Å². The summed E-state index contributed by atoms with van der Waals surface area (Å²) in [4.78, 5) is 16.0. The molecule has 1 atom stereocenters. The van der Waals surface area contributed by atoms with E-state index in [-0.39, 0.29) is 16.8 Å². The van der Waals surface area contributed by atoms with Crippen molar-refractivity contribution in [3.8, 4) is 0 Å². The number of nitrogens with one attached hydrogen (secondary N) is 1. The van der Waals surface area contributed by atoms with Crippen molar-refractivity contribution in [3.05, 3.63) is 60.4 Å². The van der Waals surface area contributed by atoms with Gasteiger partial charge in [-0.05, 0) is 50.2 Å². The molecule has 2 aromatic rings. The minimum Gasteiger partial charge on any atom is -0.323 e. The maximum absolute atomic E-state index is 13.1. The summed E-state index contributed by atoms with van der Waals surface area (Å²) in [6.07, 6.45) is 0.